The average molecular weight is 379 g/mol. The third-order valence-corrected chi connectivity index (χ3v) is 5.24. The third kappa shape index (κ3) is 3.43. The van der Waals surface area contributed by atoms with Gasteiger partial charge in [0.05, 0.1) is 11.0 Å². The van der Waals surface area contributed by atoms with Gasteiger partial charge < -0.3 is 10.3 Å². The standard InChI is InChI=1S/C22H23ClN4/c1-2-3-8-19-26-20-21(17-6-4-5-7-18(17)25-22(20)23)27(19)14-16-11-9-15(13-24)10-12-16/h4-7,9-12H,2-3,8,13-14,24H2,1H3. The minimum atomic E-state index is 0.471. The summed E-state index contributed by atoms with van der Waals surface area (Å²) in [6, 6.07) is 16.6. The number of halogens is 1. The Labute approximate surface area is 164 Å². The maximum absolute atomic E-state index is 6.50. The highest BCUT2D eigenvalue weighted by Gasteiger charge is 2.17. The van der Waals surface area contributed by atoms with Crippen LogP contribution in [0.5, 0.6) is 0 Å². The molecule has 0 bridgehead atoms. The first-order chi connectivity index (χ1) is 13.2. The summed E-state index contributed by atoms with van der Waals surface area (Å²) in [5.41, 5.74) is 10.9. The number of aromatic nitrogens is 3. The van der Waals surface area contributed by atoms with Gasteiger partial charge in [-0.1, -0.05) is 67.4 Å². The summed E-state index contributed by atoms with van der Waals surface area (Å²) in [6.45, 7) is 3.51. The molecule has 4 rings (SSSR count). The van der Waals surface area contributed by atoms with Crippen molar-refractivity contribution in [1.29, 1.82) is 0 Å². The number of rotatable bonds is 6. The van der Waals surface area contributed by atoms with Crippen LogP contribution in [-0.2, 0) is 19.5 Å². The second-order valence-corrected chi connectivity index (χ2v) is 7.21. The Morgan fingerprint density at radius 2 is 1.74 bits per heavy atom. The predicted molar refractivity (Wildman–Crippen MR) is 112 cm³/mol. The number of hydrogen-bond donors (Lipinski definition) is 1. The number of nitrogens with two attached hydrogens (primary N) is 1. The molecule has 0 atom stereocenters. The number of nitrogens with zero attached hydrogens (tertiary/aromatic N) is 3. The van der Waals surface area contributed by atoms with Crippen molar-refractivity contribution in [3.8, 4) is 0 Å². The van der Waals surface area contributed by atoms with Gasteiger partial charge in [0.25, 0.3) is 0 Å². The SMILES string of the molecule is CCCCc1nc2c(Cl)nc3ccccc3c2n1Cc1ccc(CN)cc1. The lowest BCUT2D eigenvalue weighted by molar-refractivity contribution is 0.690. The quantitative estimate of drug-likeness (QED) is 0.475. The van der Waals surface area contributed by atoms with E-state index in [0.29, 0.717) is 11.7 Å². The van der Waals surface area contributed by atoms with Gasteiger partial charge >= 0.3 is 0 Å². The van der Waals surface area contributed by atoms with E-state index in [9.17, 15) is 0 Å². The average Bonchev–Trinajstić information content (AvgIpc) is 3.06. The highest BCUT2D eigenvalue weighted by atomic mass is 35.5. The first-order valence-corrected chi connectivity index (χ1v) is 9.80. The monoisotopic (exact) mass is 378 g/mol. The molecule has 138 valence electrons. The molecule has 0 aliphatic heterocycles. The van der Waals surface area contributed by atoms with E-state index in [0.717, 1.165) is 59.1 Å². The van der Waals surface area contributed by atoms with Crippen LogP contribution in [0.4, 0.5) is 0 Å². The van der Waals surface area contributed by atoms with Gasteiger partial charge in [-0.25, -0.2) is 9.97 Å². The minimum absolute atomic E-state index is 0.471. The molecule has 0 spiro atoms. The topological polar surface area (TPSA) is 56.7 Å². The van der Waals surface area contributed by atoms with Crippen molar-refractivity contribution in [1.82, 2.24) is 14.5 Å². The van der Waals surface area contributed by atoms with Crippen LogP contribution in [0.1, 0.15) is 36.7 Å². The zero-order valence-corrected chi connectivity index (χ0v) is 16.2. The van der Waals surface area contributed by atoms with Gasteiger partial charge in [-0.05, 0) is 23.6 Å². The smallest absolute Gasteiger partial charge is 0.157 e. The van der Waals surface area contributed by atoms with Crippen LogP contribution in [0, 0.1) is 0 Å². The predicted octanol–water partition coefficient (Wildman–Crippen LogP) is 5.09. The lowest BCUT2D eigenvalue weighted by Crippen LogP contribution is -2.06. The summed E-state index contributed by atoms with van der Waals surface area (Å²) in [4.78, 5) is 9.42. The fraction of sp³-hybridized carbons (Fsp3) is 0.273. The van der Waals surface area contributed by atoms with Crippen molar-refractivity contribution in [2.75, 3.05) is 0 Å². The molecule has 2 heterocycles. The molecular weight excluding hydrogens is 356 g/mol. The Kier molecular flexibility index (Phi) is 5.10. The summed E-state index contributed by atoms with van der Waals surface area (Å²) in [6.07, 6.45) is 3.15. The molecule has 0 saturated carbocycles. The Morgan fingerprint density at radius 3 is 2.48 bits per heavy atom. The molecule has 2 aromatic heterocycles. The lowest BCUT2D eigenvalue weighted by Gasteiger charge is -2.11. The molecule has 4 nitrogen and oxygen atoms in total. The number of benzene rings is 2. The van der Waals surface area contributed by atoms with Crippen molar-refractivity contribution in [3.05, 3.63) is 70.6 Å². The van der Waals surface area contributed by atoms with E-state index in [-0.39, 0.29) is 0 Å². The van der Waals surface area contributed by atoms with Crippen molar-refractivity contribution in [2.24, 2.45) is 5.73 Å². The molecule has 0 aliphatic carbocycles. The summed E-state index contributed by atoms with van der Waals surface area (Å²) >= 11 is 6.50. The van der Waals surface area contributed by atoms with Gasteiger partial charge in [-0.15, -0.1) is 0 Å². The van der Waals surface area contributed by atoms with Gasteiger partial charge in [0, 0.05) is 24.9 Å². The van der Waals surface area contributed by atoms with E-state index in [4.69, 9.17) is 22.3 Å². The van der Waals surface area contributed by atoms with E-state index in [1.807, 2.05) is 18.2 Å². The minimum Gasteiger partial charge on any atom is -0.326 e. The van der Waals surface area contributed by atoms with Gasteiger partial charge in [-0.2, -0.15) is 0 Å². The number of aryl methyl sites for hydroxylation is 1. The van der Waals surface area contributed by atoms with Crippen molar-refractivity contribution in [3.63, 3.8) is 0 Å². The molecule has 0 saturated heterocycles. The Balaban J connectivity index is 1.91. The van der Waals surface area contributed by atoms with Crippen molar-refractivity contribution in [2.45, 2.75) is 39.3 Å². The van der Waals surface area contributed by atoms with Crippen LogP contribution in [0.15, 0.2) is 48.5 Å². The molecule has 0 amide bonds. The molecule has 2 N–H and O–H groups in total. The second kappa shape index (κ2) is 7.67. The molecule has 27 heavy (non-hydrogen) atoms. The fourth-order valence-electron chi connectivity index (χ4n) is 3.51. The van der Waals surface area contributed by atoms with Gasteiger partial charge in [0.2, 0.25) is 0 Å². The molecule has 0 radical (unpaired) electrons. The number of hydrogen-bond acceptors (Lipinski definition) is 3. The molecule has 0 unspecified atom stereocenters. The molecule has 2 aromatic carbocycles. The lowest BCUT2D eigenvalue weighted by atomic mass is 10.1. The van der Waals surface area contributed by atoms with Gasteiger partial charge in [0.15, 0.2) is 5.15 Å². The zero-order valence-electron chi connectivity index (χ0n) is 15.5. The number of imidazole rings is 1. The van der Waals surface area contributed by atoms with Gasteiger partial charge in [-0.3, -0.25) is 0 Å². The van der Waals surface area contributed by atoms with E-state index in [2.05, 4.69) is 46.8 Å². The fourth-order valence-corrected chi connectivity index (χ4v) is 3.73. The highest BCUT2D eigenvalue weighted by Crippen LogP contribution is 2.31. The Bertz CT molecular complexity index is 1080. The van der Waals surface area contributed by atoms with Gasteiger partial charge in [0.1, 0.15) is 11.3 Å². The van der Waals surface area contributed by atoms with Crippen LogP contribution in [0.3, 0.4) is 0 Å². The summed E-state index contributed by atoms with van der Waals surface area (Å²) < 4.78 is 2.30. The third-order valence-electron chi connectivity index (χ3n) is 4.97. The van der Waals surface area contributed by atoms with Crippen LogP contribution >= 0.6 is 11.6 Å². The molecule has 0 fully saturated rings. The van der Waals surface area contributed by atoms with Crippen molar-refractivity contribution >= 4 is 33.5 Å². The first-order valence-electron chi connectivity index (χ1n) is 9.42. The van der Waals surface area contributed by atoms with E-state index in [1.54, 1.807) is 0 Å². The van der Waals surface area contributed by atoms with Crippen molar-refractivity contribution < 1.29 is 0 Å². The van der Waals surface area contributed by atoms with E-state index >= 15 is 0 Å². The number of fused-ring (bicyclic) bond motifs is 3. The number of para-hydroxylation sites is 1. The zero-order chi connectivity index (χ0) is 18.8. The molecule has 4 aromatic rings. The Morgan fingerprint density at radius 1 is 1.00 bits per heavy atom. The normalized spacial score (nSPS) is 11.5. The van der Waals surface area contributed by atoms with Crippen LogP contribution in [0.25, 0.3) is 21.9 Å². The maximum Gasteiger partial charge on any atom is 0.157 e. The Hall–Kier alpha value is -2.43. The largest absolute Gasteiger partial charge is 0.326 e. The number of pyridine rings is 1. The summed E-state index contributed by atoms with van der Waals surface area (Å²) in [7, 11) is 0. The molecule has 5 heteroatoms. The van der Waals surface area contributed by atoms with Crippen LogP contribution in [0.2, 0.25) is 5.15 Å². The van der Waals surface area contributed by atoms with E-state index in [1.165, 1.54) is 5.56 Å². The van der Waals surface area contributed by atoms with Crippen LogP contribution < -0.4 is 5.73 Å². The second-order valence-electron chi connectivity index (χ2n) is 6.86. The molecular formula is C22H23ClN4. The number of unbranched alkanes of at least 4 members (excludes halogenated alkanes) is 1. The first kappa shape index (κ1) is 18.0. The summed E-state index contributed by atoms with van der Waals surface area (Å²) in [5.74, 6) is 1.06. The van der Waals surface area contributed by atoms with E-state index < -0.39 is 0 Å². The maximum atomic E-state index is 6.50. The molecule has 0 aliphatic rings. The highest BCUT2D eigenvalue weighted by molar-refractivity contribution is 6.35. The van der Waals surface area contributed by atoms with Crippen LogP contribution in [-0.4, -0.2) is 14.5 Å². The summed E-state index contributed by atoms with van der Waals surface area (Å²) in [5, 5.41) is 1.56.